The second-order valence-electron chi connectivity index (χ2n) is 8.87. The first-order valence-electron chi connectivity index (χ1n) is 12.2. The summed E-state index contributed by atoms with van der Waals surface area (Å²) in [6.07, 6.45) is 3.26. The molecule has 1 fully saturated rings. The molecule has 2 heterocycles. The van der Waals surface area contributed by atoms with E-state index in [-0.39, 0.29) is 5.78 Å². The lowest BCUT2D eigenvalue weighted by Gasteiger charge is -2.36. The number of ether oxygens (including phenoxy) is 2. The van der Waals surface area contributed by atoms with Crippen molar-refractivity contribution in [3.63, 3.8) is 0 Å². The van der Waals surface area contributed by atoms with Crippen LogP contribution in [-0.4, -0.2) is 55.6 Å². The van der Waals surface area contributed by atoms with E-state index in [1.807, 2.05) is 42.5 Å². The molecule has 0 amide bonds. The molecule has 5 rings (SSSR count). The topological polar surface area (TPSA) is 77.1 Å². The zero-order chi connectivity index (χ0) is 25.8. The van der Waals surface area contributed by atoms with Gasteiger partial charge in [0, 0.05) is 31.7 Å². The SMILES string of the molecule is COc1ccc(/C=C/C(=O)c2ccc3c(c2)oc(=O)n3CN2CCN(c3ccccc3OC)CC2)cc1. The number of nitrogens with zero attached hydrogens (tertiary/aromatic N) is 3. The van der Waals surface area contributed by atoms with Crippen molar-refractivity contribution in [2.75, 3.05) is 45.3 Å². The summed E-state index contributed by atoms with van der Waals surface area (Å²) in [5, 5.41) is 0. The molecule has 1 aliphatic heterocycles. The number of allylic oxidation sites excluding steroid dienone is 1. The number of benzene rings is 3. The maximum absolute atomic E-state index is 12.7. The van der Waals surface area contributed by atoms with E-state index >= 15 is 0 Å². The molecule has 0 radical (unpaired) electrons. The number of fused-ring (bicyclic) bond motifs is 1. The number of carbonyl (C=O) groups excluding carboxylic acids is 1. The highest BCUT2D eigenvalue weighted by molar-refractivity contribution is 6.08. The van der Waals surface area contributed by atoms with Crippen LogP contribution in [0.4, 0.5) is 5.69 Å². The number of rotatable bonds is 8. The highest BCUT2D eigenvalue weighted by Crippen LogP contribution is 2.28. The minimum absolute atomic E-state index is 0.166. The summed E-state index contributed by atoms with van der Waals surface area (Å²) in [5.74, 6) is 1.02. The monoisotopic (exact) mass is 499 g/mol. The van der Waals surface area contributed by atoms with Gasteiger partial charge in [-0.1, -0.05) is 30.3 Å². The summed E-state index contributed by atoms with van der Waals surface area (Å²) >= 11 is 0. The molecule has 3 aromatic carbocycles. The fraction of sp³-hybridized carbons (Fsp3) is 0.241. The Labute approximate surface area is 214 Å². The molecule has 1 aromatic heterocycles. The Bertz CT molecular complexity index is 1480. The maximum Gasteiger partial charge on any atom is 0.421 e. The summed E-state index contributed by atoms with van der Waals surface area (Å²) in [7, 11) is 3.29. The zero-order valence-corrected chi connectivity index (χ0v) is 20.9. The third kappa shape index (κ3) is 5.29. The van der Waals surface area contributed by atoms with E-state index in [0.29, 0.717) is 23.3 Å². The Morgan fingerprint density at radius 2 is 1.70 bits per heavy atom. The van der Waals surface area contributed by atoms with Gasteiger partial charge in [-0.05, 0) is 54.1 Å². The molecule has 0 saturated carbocycles. The molecule has 8 nitrogen and oxygen atoms in total. The van der Waals surface area contributed by atoms with Gasteiger partial charge in [0.1, 0.15) is 11.5 Å². The lowest BCUT2D eigenvalue weighted by atomic mass is 10.1. The molecule has 0 N–H and O–H groups in total. The molecule has 0 unspecified atom stereocenters. The highest BCUT2D eigenvalue weighted by Gasteiger charge is 2.21. The zero-order valence-electron chi connectivity index (χ0n) is 20.9. The lowest BCUT2D eigenvalue weighted by molar-refractivity contribution is 0.104. The molecule has 0 bridgehead atoms. The Balaban J connectivity index is 1.26. The number of anilines is 1. The fourth-order valence-electron chi connectivity index (χ4n) is 4.56. The van der Waals surface area contributed by atoms with Gasteiger partial charge in [-0.15, -0.1) is 0 Å². The summed E-state index contributed by atoms with van der Waals surface area (Å²) in [6, 6.07) is 20.6. The van der Waals surface area contributed by atoms with E-state index in [1.165, 1.54) is 6.08 Å². The molecule has 37 heavy (non-hydrogen) atoms. The first-order chi connectivity index (χ1) is 18.1. The second kappa shape index (κ2) is 10.8. The van der Waals surface area contributed by atoms with Gasteiger partial charge in [0.25, 0.3) is 0 Å². The van der Waals surface area contributed by atoms with Crippen LogP contribution in [0.1, 0.15) is 15.9 Å². The van der Waals surface area contributed by atoms with Gasteiger partial charge in [0.05, 0.1) is 32.1 Å². The Morgan fingerprint density at radius 3 is 2.43 bits per heavy atom. The van der Waals surface area contributed by atoms with Crippen LogP contribution in [0.3, 0.4) is 0 Å². The van der Waals surface area contributed by atoms with E-state index in [1.54, 1.807) is 43.1 Å². The minimum atomic E-state index is -0.430. The molecule has 0 atom stereocenters. The average Bonchev–Trinajstić information content (AvgIpc) is 3.26. The summed E-state index contributed by atoms with van der Waals surface area (Å²) in [6.45, 7) is 3.66. The van der Waals surface area contributed by atoms with Crippen molar-refractivity contribution >= 4 is 28.6 Å². The Kier molecular flexibility index (Phi) is 7.09. The second-order valence-corrected chi connectivity index (χ2v) is 8.87. The van der Waals surface area contributed by atoms with E-state index in [4.69, 9.17) is 13.9 Å². The van der Waals surface area contributed by atoms with Gasteiger partial charge in [0.2, 0.25) is 0 Å². The van der Waals surface area contributed by atoms with E-state index in [2.05, 4.69) is 15.9 Å². The van der Waals surface area contributed by atoms with Crippen LogP contribution in [0.25, 0.3) is 17.2 Å². The number of aromatic nitrogens is 1. The first kappa shape index (κ1) is 24.4. The molecule has 0 aliphatic carbocycles. The largest absolute Gasteiger partial charge is 0.497 e. The first-order valence-corrected chi connectivity index (χ1v) is 12.2. The molecular weight excluding hydrogens is 470 g/mol. The van der Waals surface area contributed by atoms with Crippen LogP contribution in [0.2, 0.25) is 0 Å². The fourth-order valence-corrected chi connectivity index (χ4v) is 4.56. The number of carbonyl (C=O) groups is 1. The van der Waals surface area contributed by atoms with E-state index in [9.17, 15) is 9.59 Å². The van der Waals surface area contributed by atoms with Crippen molar-refractivity contribution in [3.05, 3.63) is 94.5 Å². The van der Waals surface area contributed by atoms with Crippen LogP contribution >= 0.6 is 0 Å². The smallest absolute Gasteiger partial charge is 0.421 e. The standard InChI is InChI=1S/C29H29N3O5/c1-35-23-11-7-21(8-12-23)9-14-26(33)22-10-13-25-28(19-22)37-29(34)32(25)20-30-15-17-31(18-16-30)24-5-3-4-6-27(24)36-2/h3-14,19H,15-18,20H2,1-2H3/b14-9+. The van der Waals surface area contributed by atoms with Crippen LogP contribution in [0.15, 0.2) is 82.0 Å². The van der Waals surface area contributed by atoms with Crippen LogP contribution in [0, 0.1) is 0 Å². The van der Waals surface area contributed by atoms with E-state index in [0.717, 1.165) is 48.9 Å². The lowest BCUT2D eigenvalue weighted by Crippen LogP contribution is -2.47. The molecule has 8 heteroatoms. The summed E-state index contributed by atoms with van der Waals surface area (Å²) in [4.78, 5) is 29.9. The van der Waals surface area contributed by atoms with Crippen LogP contribution < -0.4 is 20.1 Å². The number of oxazole rings is 1. The van der Waals surface area contributed by atoms with Crippen molar-refractivity contribution < 1.29 is 18.7 Å². The predicted molar refractivity (Wildman–Crippen MR) is 144 cm³/mol. The van der Waals surface area contributed by atoms with E-state index < -0.39 is 5.76 Å². The van der Waals surface area contributed by atoms with Crippen molar-refractivity contribution in [3.8, 4) is 11.5 Å². The van der Waals surface area contributed by atoms with Gasteiger partial charge in [-0.2, -0.15) is 0 Å². The van der Waals surface area contributed by atoms with Crippen molar-refractivity contribution in [2.24, 2.45) is 0 Å². The summed E-state index contributed by atoms with van der Waals surface area (Å²) < 4.78 is 17.8. The Morgan fingerprint density at radius 1 is 0.946 bits per heavy atom. The summed E-state index contributed by atoms with van der Waals surface area (Å²) in [5.41, 5.74) is 3.50. The van der Waals surface area contributed by atoms with Gasteiger partial charge in [-0.3, -0.25) is 14.3 Å². The van der Waals surface area contributed by atoms with Crippen LogP contribution in [-0.2, 0) is 6.67 Å². The molecule has 4 aromatic rings. The molecule has 1 aliphatic rings. The third-order valence-electron chi connectivity index (χ3n) is 6.64. The molecule has 190 valence electrons. The number of hydrogen-bond donors (Lipinski definition) is 0. The number of ketones is 1. The number of para-hydroxylation sites is 2. The van der Waals surface area contributed by atoms with Crippen molar-refractivity contribution in [1.82, 2.24) is 9.47 Å². The van der Waals surface area contributed by atoms with Gasteiger partial charge < -0.3 is 18.8 Å². The molecule has 1 saturated heterocycles. The molecule has 0 spiro atoms. The number of hydrogen-bond acceptors (Lipinski definition) is 7. The van der Waals surface area contributed by atoms with Gasteiger partial charge in [0.15, 0.2) is 11.4 Å². The predicted octanol–water partition coefficient (Wildman–Crippen LogP) is 4.29. The van der Waals surface area contributed by atoms with Crippen molar-refractivity contribution in [2.45, 2.75) is 6.67 Å². The normalized spacial score (nSPS) is 14.4. The average molecular weight is 500 g/mol. The minimum Gasteiger partial charge on any atom is -0.497 e. The highest BCUT2D eigenvalue weighted by atomic mass is 16.5. The van der Waals surface area contributed by atoms with Gasteiger partial charge >= 0.3 is 5.76 Å². The van der Waals surface area contributed by atoms with Gasteiger partial charge in [-0.25, -0.2) is 4.79 Å². The third-order valence-corrected chi connectivity index (χ3v) is 6.64. The quantitative estimate of drug-likeness (QED) is 0.264. The number of piperazine rings is 1. The number of methoxy groups -OCH3 is 2. The maximum atomic E-state index is 12.7. The van der Waals surface area contributed by atoms with Crippen molar-refractivity contribution in [1.29, 1.82) is 0 Å². The van der Waals surface area contributed by atoms with Crippen LogP contribution in [0.5, 0.6) is 11.5 Å². The Hall–Kier alpha value is -4.30. The molecular formula is C29H29N3O5.